The molecule has 1 aromatic rings. The summed E-state index contributed by atoms with van der Waals surface area (Å²) in [5, 5.41) is 0.829. The van der Waals surface area contributed by atoms with Crippen LogP contribution < -0.4 is 0 Å². The molecule has 0 bridgehead atoms. The molecule has 0 radical (unpaired) electrons. The topological polar surface area (TPSA) is 3.24 Å². The molecule has 1 saturated heterocycles. The van der Waals surface area contributed by atoms with Crippen molar-refractivity contribution in [3.05, 3.63) is 34.9 Å². The molecule has 0 saturated carbocycles. The summed E-state index contributed by atoms with van der Waals surface area (Å²) in [6.07, 6.45) is 3.90. The van der Waals surface area contributed by atoms with Crippen LogP contribution in [0.3, 0.4) is 0 Å². The van der Waals surface area contributed by atoms with Crippen LogP contribution in [-0.2, 0) is 0 Å². The molecular weight excluding hydrogens is 230 g/mol. The van der Waals surface area contributed by atoms with Crippen LogP contribution in [0.25, 0.3) is 0 Å². The maximum atomic E-state index is 5.95. The Labute approximate surface area is 110 Å². The molecule has 1 nitrogen and oxygen atoms in total. The van der Waals surface area contributed by atoms with E-state index in [0.29, 0.717) is 6.04 Å². The number of rotatable bonds is 3. The van der Waals surface area contributed by atoms with Crippen molar-refractivity contribution in [1.82, 2.24) is 4.90 Å². The van der Waals surface area contributed by atoms with E-state index in [9.17, 15) is 0 Å². The average Bonchev–Trinajstić information content (AvgIpc) is 2.33. The van der Waals surface area contributed by atoms with Crippen molar-refractivity contribution in [2.45, 2.75) is 39.2 Å². The number of hydrogen-bond donors (Lipinski definition) is 0. The molecular formula is C15H22ClN. The van der Waals surface area contributed by atoms with Crippen LogP contribution in [0.2, 0.25) is 5.02 Å². The molecule has 0 aromatic heterocycles. The zero-order valence-corrected chi connectivity index (χ0v) is 11.6. The Hall–Kier alpha value is -0.530. The Bertz CT molecular complexity index is 346. The Morgan fingerprint density at radius 1 is 1.35 bits per heavy atom. The first-order valence-corrected chi connectivity index (χ1v) is 7.08. The summed E-state index contributed by atoms with van der Waals surface area (Å²) >= 11 is 5.95. The van der Waals surface area contributed by atoms with Crippen LogP contribution in [-0.4, -0.2) is 18.0 Å². The van der Waals surface area contributed by atoms with Gasteiger partial charge in [0.2, 0.25) is 0 Å². The van der Waals surface area contributed by atoms with E-state index in [1.165, 1.54) is 37.9 Å². The van der Waals surface area contributed by atoms with Crippen LogP contribution in [0.15, 0.2) is 24.3 Å². The minimum Gasteiger partial charge on any atom is -0.296 e. The van der Waals surface area contributed by atoms with E-state index in [2.05, 4.69) is 30.9 Å². The summed E-state index contributed by atoms with van der Waals surface area (Å²) in [4.78, 5) is 2.64. The third-order valence-electron chi connectivity index (χ3n) is 3.77. The van der Waals surface area contributed by atoms with Crippen molar-refractivity contribution < 1.29 is 0 Å². The van der Waals surface area contributed by atoms with Gasteiger partial charge in [0.05, 0.1) is 0 Å². The lowest BCUT2D eigenvalue weighted by molar-refractivity contribution is 0.126. The number of hydrogen-bond acceptors (Lipinski definition) is 1. The molecule has 2 heteroatoms. The molecule has 1 aromatic carbocycles. The van der Waals surface area contributed by atoms with Gasteiger partial charge in [-0.1, -0.05) is 37.6 Å². The molecule has 17 heavy (non-hydrogen) atoms. The fourth-order valence-corrected chi connectivity index (χ4v) is 3.02. The molecule has 0 amide bonds. The monoisotopic (exact) mass is 251 g/mol. The molecule has 1 fully saturated rings. The second-order valence-electron chi connectivity index (χ2n) is 5.22. The first kappa shape index (κ1) is 12.9. The highest BCUT2D eigenvalue weighted by Crippen LogP contribution is 2.29. The summed E-state index contributed by atoms with van der Waals surface area (Å²) in [7, 11) is 0. The predicted molar refractivity (Wildman–Crippen MR) is 74.5 cm³/mol. The van der Waals surface area contributed by atoms with Crippen molar-refractivity contribution >= 4 is 11.6 Å². The summed E-state index contributed by atoms with van der Waals surface area (Å²) in [6.45, 7) is 7.12. The highest BCUT2D eigenvalue weighted by molar-refractivity contribution is 6.30. The van der Waals surface area contributed by atoms with E-state index in [4.69, 9.17) is 11.6 Å². The fourth-order valence-electron chi connectivity index (χ4n) is 2.90. The van der Waals surface area contributed by atoms with Gasteiger partial charge in [-0.2, -0.15) is 0 Å². The van der Waals surface area contributed by atoms with Crippen LogP contribution >= 0.6 is 11.6 Å². The second kappa shape index (κ2) is 5.88. The maximum Gasteiger partial charge on any atom is 0.0406 e. The van der Waals surface area contributed by atoms with E-state index in [1.807, 2.05) is 12.1 Å². The maximum absolute atomic E-state index is 5.95. The lowest BCUT2D eigenvalue weighted by atomic mass is 9.95. The molecule has 2 rings (SSSR count). The summed E-state index contributed by atoms with van der Waals surface area (Å²) in [5.41, 5.74) is 1.41. The minimum absolute atomic E-state index is 0.565. The number of likely N-dealkylation sites (tertiary alicyclic amines) is 1. The third kappa shape index (κ3) is 3.23. The van der Waals surface area contributed by atoms with Gasteiger partial charge in [0.15, 0.2) is 0 Å². The highest BCUT2D eigenvalue weighted by Gasteiger charge is 2.23. The van der Waals surface area contributed by atoms with Gasteiger partial charge in [0.25, 0.3) is 0 Å². The van der Waals surface area contributed by atoms with Crippen molar-refractivity contribution in [1.29, 1.82) is 0 Å². The SMILES string of the molecule is CC[C@H](c1ccc(Cl)cc1)N1CCC[C@@H](C)C1. The van der Waals surface area contributed by atoms with Gasteiger partial charge in [-0.3, -0.25) is 4.90 Å². The average molecular weight is 252 g/mol. The lowest BCUT2D eigenvalue weighted by Crippen LogP contribution is -2.37. The summed E-state index contributed by atoms with van der Waals surface area (Å²) in [5.74, 6) is 0.838. The molecule has 2 atom stereocenters. The van der Waals surface area contributed by atoms with E-state index in [-0.39, 0.29) is 0 Å². The van der Waals surface area contributed by atoms with Crippen molar-refractivity contribution in [2.24, 2.45) is 5.92 Å². The molecule has 0 spiro atoms. The first-order chi connectivity index (χ1) is 8.20. The van der Waals surface area contributed by atoms with Crippen molar-refractivity contribution in [3.8, 4) is 0 Å². The fraction of sp³-hybridized carbons (Fsp3) is 0.600. The van der Waals surface area contributed by atoms with Crippen molar-refractivity contribution in [2.75, 3.05) is 13.1 Å². The second-order valence-corrected chi connectivity index (χ2v) is 5.65. The van der Waals surface area contributed by atoms with Gasteiger partial charge in [0.1, 0.15) is 0 Å². The highest BCUT2D eigenvalue weighted by atomic mass is 35.5. The van der Waals surface area contributed by atoms with E-state index in [1.54, 1.807) is 0 Å². The number of halogens is 1. The quantitative estimate of drug-likeness (QED) is 0.763. The van der Waals surface area contributed by atoms with E-state index in [0.717, 1.165) is 10.9 Å². The van der Waals surface area contributed by atoms with Crippen molar-refractivity contribution in [3.63, 3.8) is 0 Å². The molecule has 0 N–H and O–H groups in total. The Morgan fingerprint density at radius 2 is 2.06 bits per heavy atom. The van der Waals surface area contributed by atoms with Gasteiger partial charge >= 0.3 is 0 Å². The number of nitrogens with zero attached hydrogens (tertiary/aromatic N) is 1. The molecule has 0 aliphatic carbocycles. The molecule has 94 valence electrons. The molecule has 1 aliphatic heterocycles. The smallest absolute Gasteiger partial charge is 0.0406 e. The summed E-state index contributed by atoms with van der Waals surface area (Å²) < 4.78 is 0. The largest absolute Gasteiger partial charge is 0.296 e. The predicted octanol–water partition coefficient (Wildman–Crippen LogP) is 4.52. The Balaban J connectivity index is 2.12. The zero-order valence-electron chi connectivity index (χ0n) is 10.8. The van der Waals surface area contributed by atoms with Crippen LogP contribution in [0.5, 0.6) is 0 Å². The van der Waals surface area contributed by atoms with Gasteiger partial charge in [-0.25, -0.2) is 0 Å². The van der Waals surface area contributed by atoms with Gasteiger partial charge in [-0.05, 0) is 49.4 Å². The minimum atomic E-state index is 0.565. The van der Waals surface area contributed by atoms with Crippen LogP contribution in [0.1, 0.15) is 44.7 Å². The van der Waals surface area contributed by atoms with Gasteiger partial charge in [0, 0.05) is 17.6 Å². The van der Waals surface area contributed by atoms with Gasteiger partial charge in [-0.15, -0.1) is 0 Å². The molecule has 0 unspecified atom stereocenters. The lowest BCUT2D eigenvalue weighted by Gasteiger charge is -2.37. The van der Waals surface area contributed by atoms with Crippen LogP contribution in [0.4, 0.5) is 0 Å². The normalized spacial score (nSPS) is 23.6. The summed E-state index contributed by atoms with van der Waals surface area (Å²) in [6, 6.07) is 8.93. The Kier molecular flexibility index (Phi) is 4.47. The standard InChI is InChI=1S/C15H22ClN/c1-3-15(13-6-8-14(16)9-7-13)17-10-4-5-12(2)11-17/h6-9,12,15H,3-5,10-11H2,1-2H3/t12-,15-/m1/s1. The van der Waals surface area contributed by atoms with E-state index < -0.39 is 0 Å². The molecule has 1 heterocycles. The zero-order chi connectivity index (χ0) is 12.3. The van der Waals surface area contributed by atoms with E-state index >= 15 is 0 Å². The first-order valence-electron chi connectivity index (χ1n) is 6.70. The Morgan fingerprint density at radius 3 is 2.65 bits per heavy atom. The molecule has 1 aliphatic rings. The number of benzene rings is 1. The van der Waals surface area contributed by atoms with Gasteiger partial charge < -0.3 is 0 Å². The van der Waals surface area contributed by atoms with Crippen LogP contribution in [0, 0.1) is 5.92 Å². The number of piperidine rings is 1. The third-order valence-corrected chi connectivity index (χ3v) is 4.02.